The number of halogens is 2. The van der Waals surface area contributed by atoms with Crippen molar-refractivity contribution in [2.45, 2.75) is 37.1 Å². The predicted octanol–water partition coefficient (Wildman–Crippen LogP) is 1.68. The summed E-state index contributed by atoms with van der Waals surface area (Å²) in [6.45, 7) is 1.75. The molecule has 0 amide bonds. The largest absolute Gasteiger partial charge is 0.330 e. The van der Waals surface area contributed by atoms with E-state index in [1.165, 1.54) is 6.92 Å². The summed E-state index contributed by atoms with van der Waals surface area (Å²) in [6.07, 6.45) is 2.38. The lowest BCUT2D eigenvalue weighted by atomic mass is 10.1. The molecule has 1 aliphatic rings. The van der Waals surface area contributed by atoms with E-state index in [4.69, 9.17) is 5.73 Å². The molecule has 0 radical (unpaired) electrons. The zero-order chi connectivity index (χ0) is 14.9. The van der Waals surface area contributed by atoms with Gasteiger partial charge in [0.05, 0.1) is 0 Å². The van der Waals surface area contributed by atoms with Gasteiger partial charge in [-0.3, -0.25) is 0 Å². The molecule has 20 heavy (non-hydrogen) atoms. The average molecular weight is 304 g/mol. The second-order valence-electron chi connectivity index (χ2n) is 5.19. The van der Waals surface area contributed by atoms with E-state index in [0.717, 1.165) is 25.0 Å². The first kappa shape index (κ1) is 15.3. The summed E-state index contributed by atoms with van der Waals surface area (Å²) in [4.78, 5) is -0.650. The maximum Gasteiger partial charge on any atom is 0.243 e. The standard InChI is InChI=1S/C13H18F2N2O2S/c1-8-5-11(15)13(6-10(8)14)20(18,19)17-12-4-2-3-9(12)7-16/h5-6,9,12,17H,2-4,7,16H2,1H3. The Bertz CT molecular complexity index is 605. The van der Waals surface area contributed by atoms with Crippen LogP contribution in [0.5, 0.6) is 0 Å². The molecule has 1 aromatic carbocycles. The van der Waals surface area contributed by atoms with Crippen molar-refractivity contribution in [3.05, 3.63) is 29.3 Å². The monoisotopic (exact) mass is 304 g/mol. The number of hydrogen-bond donors (Lipinski definition) is 2. The summed E-state index contributed by atoms with van der Waals surface area (Å²) in [7, 11) is -4.08. The van der Waals surface area contributed by atoms with Crippen LogP contribution >= 0.6 is 0 Å². The molecule has 1 aliphatic carbocycles. The zero-order valence-corrected chi connectivity index (χ0v) is 12.0. The van der Waals surface area contributed by atoms with Crippen LogP contribution in [0.1, 0.15) is 24.8 Å². The van der Waals surface area contributed by atoms with Crippen molar-refractivity contribution in [3.8, 4) is 0 Å². The summed E-state index contributed by atoms with van der Waals surface area (Å²) in [5, 5.41) is 0. The van der Waals surface area contributed by atoms with Crippen LogP contribution in [0, 0.1) is 24.5 Å². The van der Waals surface area contributed by atoms with Crippen molar-refractivity contribution in [2.24, 2.45) is 11.7 Å². The van der Waals surface area contributed by atoms with Gasteiger partial charge < -0.3 is 5.73 Å². The lowest BCUT2D eigenvalue weighted by molar-refractivity contribution is 0.450. The molecule has 0 bridgehead atoms. The maximum atomic E-state index is 13.8. The molecule has 4 nitrogen and oxygen atoms in total. The minimum absolute atomic E-state index is 0.0446. The first-order valence-corrected chi connectivity index (χ1v) is 8.01. The minimum atomic E-state index is -4.08. The van der Waals surface area contributed by atoms with Crippen LogP contribution in [0.15, 0.2) is 17.0 Å². The van der Waals surface area contributed by atoms with Crippen LogP contribution in [0.2, 0.25) is 0 Å². The Kier molecular flexibility index (Phi) is 4.41. The van der Waals surface area contributed by atoms with Gasteiger partial charge in [0.2, 0.25) is 10.0 Å². The van der Waals surface area contributed by atoms with Gasteiger partial charge in [0.1, 0.15) is 16.5 Å². The number of benzene rings is 1. The number of nitrogens with one attached hydrogen (secondary N) is 1. The van der Waals surface area contributed by atoms with Crippen LogP contribution in [-0.4, -0.2) is 21.0 Å². The third-order valence-electron chi connectivity index (χ3n) is 3.77. The second kappa shape index (κ2) is 5.75. The molecule has 112 valence electrons. The molecule has 2 rings (SSSR count). The van der Waals surface area contributed by atoms with Gasteiger partial charge in [-0.1, -0.05) is 6.42 Å². The number of sulfonamides is 1. The van der Waals surface area contributed by atoms with E-state index in [1.807, 2.05) is 0 Å². The average Bonchev–Trinajstić information content (AvgIpc) is 2.80. The number of aryl methyl sites for hydroxylation is 1. The quantitative estimate of drug-likeness (QED) is 0.889. The molecule has 2 unspecified atom stereocenters. The van der Waals surface area contributed by atoms with Crippen LogP contribution in [-0.2, 0) is 10.0 Å². The molecule has 0 heterocycles. The molecular weight excluding hydrogens is 286 g/mol. The van der Waals surface area contributed by atoms with E-state index in [1.54, 1.807) is 0 Å². The van der Waals surface area contributed by atoms with Gasteiger partial charge >= 0.3 is 0 Å². The van der Waals surface area contributed by atoms with Crippen molar-refractivity contribution in [1.82, 2.24) is 4.72 Å². The van der Waals surface area contributed by atoms with E-state index in [-0.39, 0.29) is 17.5 Å². The third-order valence-corrected chi connectivity index (χ3v) is 5.28. The van der Waals surface area contributed by atoms with Crippen LogP contribution in [0.25, 0.3) is 0 Å². The molecule has 1 fully saturated rings. The van der Waals surface area contributed by atoms with Crippen molar-refractivity contribution in [1.29, 1.82) is 0 Å². The Balaban J connectivity index is 2.29. The molecule has 1 aromatic rings. The van der Waals surface area contributed by atoms with Gasteiger partial charge in [-0.25, -0.2) is 21.9 Å². The fourth-order valence-corrected chi connectivity index (χ4v) is 3.98. The van der Waals surface area contributed by atoms with E-state index < -0.39 is 26.6 Å². The molecule has 1 saturated carbocycles. The summed E-state index contributed by atoms with van der Waals surface area (Å²) >= 11 is 0. The van der Waals surface area contributed by atoms with Gasteiger partial charge in [0, 0.05) is 6.04 Å². The topological polar surface area (TPSA) is 72.2 Å². The van der Waals surface area contributed by atoms with Crippen molar-refractivity contribution in [2.75, 3.05) is 6.54 Å². The van der Waals surface area contributed by atoms with Crippen molar-refractivity contribution >= 4 is 10.0 Å². The Morgan fingerprint density at radius 2 is 2.00 bits per heavy atom. The molecule has 0 spiro atoms. The van der Waals surface area contributed by atoms with Crippen LogP contribution < -0.4 is 10.5 Å². The molecule has 0 aliphatic heterocycles. The minimum Gasteiger partial charge on any atom is -0.330 e. The second-order valence-corrected chi connectivity index (χ2v) is 6.87. The first-order chi connectivity index (χ1) is 9.35. The maximum absolute atomic E-state index is 13.8. The molecule has 0 aromatic heterocycles. The Hall–Kier alpha value is -1.05. The molecule has 2 atom stereocenters. The number of nitrogens with two attached hydrogens (primary N) is 1. The van der Waals surface area contributed by atoms with E-state index in [2.05, 4.69) is 4.72 Å². The van der Waals surface area contributed by atoms with E-state index in [9.17, 15) is 17.2 Å². The highest BCUT2D eigenvalue weighted by Crippen LogP contribution is 2.27. The first-order valence-electron chi connectivity index (χ1n) is 6.53. The Morgan fingerprint density at radius 1 is 1.30 bits per heavy atom. The van der Waals surface area contributed by atoms with E-state index >= 15 is 0 Å². The Labute approximate surface area is 117 Å². The van der Waals surface area contributed by atoms with Crippen molar-refractivity contribution in [3.63, 3.8) is 0 Å². The smallest absolute Gasteiger partial charge is 0.243 e. The lowest BCUT2D eigenvalue weighted by Gasteiger charge is -2.19. The zero-order valence-electron chi connectivity index (χ0n) is 11.2. The van der Waals surface area contributed by atoms with Crippen molar-refractivity contribution < 1.29 is 17.2 Å². The van der Waals surface area contributed by atoms with Gasteiger partial charge in [-0.2, -0.15) is 0 Å². The van der Waals surface area contributed by atoms with Gasteiger partial charge in [-0.15, -0.1) is 0 Å². The lowest BCUT2D eigenvalue weighted by Crippen LogP contribution is -2.40. The fourth-order valence-electron chi connectivity index (χ4n) is 2.57. The van der Waals surface area contributed by atoms with Gasteiger partial charge in [0.25, 0.3) is 0 Å². The molecule has 3 N–H and O–H groups in total. The highest BCUT2D eigenvalue weighted by atomic mass is 32.2. The summed E-state index contributed by atoms with van der Waals surface area (Å²) < 4.78 is 54.0. The number of hydrogen-bond acceptors (Lipinski definition) is 3. The van der Waals surface area contributed by atoms with E-state index in [0.29, 0.717) is 13.0 Å². The highest BCUT2D eigenvalue weighted by Gasteiger charge is 2.31. The fraction of sp³-hybridized carbons (Fsp3) is 0.538. The summed E-state index contributed by atoms with van der Waals surface area (Å²) in [5.74, 6) is -1.64. The van der Waals surface area contributed by atoms with Gasteiger partial charge in [0.15, 0.2) is 0 Å². The third kappa shape index (κ3) is 2.99. The van der Waals surface area contributed by atoms with Crippen LogP contribution in [0.4, 0.5) is 8.78 Å². The SMILES string of the molecule is Cc1cc(F)c(S(=O)(=O)NC2CCCC2CN)cc1F. The number of rotatable bonds is 4. The normalized spacial score (nSPS) is 23.2. The Morgan fingerprint density at radius 3 is 2.65 bits per heavy atom. The molecule has 0 saturated heterocycles. The summed E-state index contributed by atoms with van der Waals surface area (Å²) in [5.41, 5.74) is 5.66. The summed E-state index contributed by atoms with van der Waals surface area (Å²) in [6, 6.07) is 1.30. The molecule has 7 heteroatoms. The molecular formula is C13H18F2N2O2S. The van der Waals surface area contributed by atoms with Crippen LogP contribution in [0.3, 0.4) is 0 Å². The predicted molar refractivity (Wildman–Crippen MR) is 71.6 cm³/mol. The van der Waals surface area contributed by atoms with Gasteiger partial charge in [-0.05, 0) is 49.9 Å². The highest BCUT2D eigenvalue weighted by molar-refractivity contribution is 7.89.